The Kier molecular flexibility index (Phi) is 3.41. The molecule has 2 heteroatoms. The Hall–Kier alpha value is -1.28. The maximum absolute atomic E-state index is 5.66. The first-order chi connectivity index (χ1) is 7.38. The van der Waals surface area contributed by atoms with Crippen molar-refractivity contribution in [3.63, 3.8) is 0 Å². The lowest BCUT2D eigenvalue weighted by atomic mass is 10.3. The first-order valence-electron chi connectivity index (χ1n) is 5.14. The Morgan fingerprint density at radius 3 is 2.40 bits per heavy atom. The highest BCUT2D eigenvalue weighted by atomic mass is 32.1. The number of rotatable bonds is 4. The monoisotopic (exact) mass is 218 g/mol. The van der Waals surface area contributed by atoms with Crippen LogP contribution in [0.3, 0.4) is 0 Å². The van der Waals surface area contributed by atoms with Crippen LogP contribution in [-0.4, -0.2) is 0 Å². The van der Waals surface area contributed by atoms with E-state index in [4.69, 9.17) is 4.74 Å². The lowest BCUT2D eigenvalue weighted by molar-refractivity contribution is 0.310. The van der Waals surface area contributed by atoms with Crippen molar-refractivity contribution in [2.45, 2.75) is 20.0 Å². The van der Waals surface area contributed by atoms with Gasteiger partial charge in [0.15, 0.2) is 0 Å². The molecule has 0 radical (unpaired) electrons. The molecule has 1 nitrogen and oxygen atoms in total. The third-order valence-corrected chi connectivity index (χ3v) is 3.39. The van der Waals surface area contributed by atoms with E-state index in [1.165, 1.54) is 9.75 Å². The van der Waals surface area contributed by atoms with E-state index >= 15 is 0 Å². The van der Waals surface area contributed by atoms with Crippen LogP contribution >= 0.6 is 11.3 Å². The molecule has 0 spiro atoms. The van der Waals surface area contributed by atoms with Gasteiger partial charge >= 0.3 is 0 Å². The van der Waals surface area contributed by atoms with Gasteiger partial charge < -0.3 is 4.74 Å². The van der Waals surface area contributed by atoms with E-state index in [0.717, 1.165) is 12.2 Å². The lowest BCUT2D eigenvalue weighted by Crippen LogP contribution is -1.91. The predicted molar refractivity (Wildman–Crippen MR) is 64.5 cm³/mol. The van der Waals surface area contributed by atoms with E-state index in [1.54, 1.807) is 0 Å². The van der Waals surface area contributed by atoms with Crippen LogP contribution in [0.2, 0.25) is 0 Å². The second kappa shape index (κ2) is 4.99. The number of hydrogen-bond donors (Lipinski definition) is 0. The molecule has 0 aliphatic heterocycles. The zero-order valence-electron chi connectivity index (χ0n) is 8.77. The summed E-state index contributed by atoms with van der Waals surface area (Å²) in [6.07, 6.45) is 1.11. The van der Waals surface area contributed by atoms with Gasteiger partial charge in [0.1, 0.15) is 12.4 Å². The summed E-state index contributed by atoms with van der Waals surface area (Å²) < 4.78 is 5.66. The molecule has 0 saturated heterocycles. The van der Waals surface area contributed by atoms with Crippen molar-refractivity contribution in [3.8, 4) is 5.75 Å². The number of ether oxygens (including phenoxy) is 1. The summed E-state index contributed by atoms with van der Waals surface area (Å²) in [6, 6.07) is 14.2. The molecule has 0 N–H and O–H groups in total. The molecule has 0 saturated carbocycles. The van der Waals surface area contributed by atoms with E-state index in [2.05, 4.69) is 19.1 Å². The van der Waals surface area contributed by atoms with Gasteiger partial charge in [-0.05, 0) is 30.7 Å². The second-order valence-electron chi connectivity index (χ2n) is 3.32. The largest absolute Gasteiger partial charge is 0.488 e. The summed E-state index contributed by atoms with van der Waals surface area (Å²) in [6.45, 7) is 2.85. The first-order valence-corrected chi connectivity index (χ1v) is 5.95. The Balaban J connectivity index is 1.93. The molecule has 1 aromatic carbocycles. The molecule has 78 valence electrons. The minimum atomic E-state index is 0.675. The van der Waals surface area contributed by atoms with Crippen LogP contribution in [0.5, 0.6) is 5.75 Å². The Bertz CT molecular complexity index is 405. The van der Waals surface area contributed by atoms with Crippen molar-refractivity contribution >= 4 is 11.3 Å². The Morgan fingerprint density at radius 2 is 1.73 bits per heavy atom. The molecule has 0 aliphatic rings. The molecule has 0 amide bonds. The van der Waals surface area contributed by atoms with Crippen LogP contribution in [0.25, 0.3) is 0 Å². The smallest absolute Gasteiger partial charge is 0.122 e. The van der Waals surface area contributed by atoms with Crippen molar-refractivity contribution in [2.75, 3.05) is 0 Å². The van der Waals surface area contributed by atoms with E-state index in [-0.39, 0.29) is 0 Å². The Labute approximate surface area is 94.3 Å². The summed E-state index contributed by atoms with van der Waals surface area (Å²) in [5.74, 6) is 0.934. The van der Waals surface area contributed by atoms with Crippen LogP contribution < -0.4 is 4.74 Å². The van der Waals surface area contributed by atoms with E-state index < -0.39 is 0 Å². The van der Waals surface area contributed by atoms with Crippen molar-refractivity contribution in [1.82, 2.24) is 0 Å². The molecule has 1 heterocycles. The fraction of sp³-hybridized carbons (Fsp3) is 0.231. The highest BCUT2D eigenvalue weighted by molar-refractivity contribution is 7.11. The molecule has 0 atom stereocenters. The van der Waals surface area contributed by atoms with Crippen molar-refractivity contribution in [2.24, 2.45) is 0 Å². The summed E-state index contributed by atoms with van der Waals surface area (Å²) in [7, 11) is 0. The molecule has 2 aromatic rings. The molecule has 0 unspecified atom stereocenters. The summed E-state index contributed by atoms with van der Waals surface area (Å²) in [5.41, 5.74) is 0. The second-order valence-corrected chi connectivity index (χ2v) is 4.58. The first kappa shape index (κ1) is 10.2. The third kappa shape index (κ3) is 2.83. The topological polar surface area (TPSA) is 9.23 Å². The normalized spacial score (nSPS) is 10.2. The number of thiophene rings is 1. The van der Waals surface area contributed by atoms with Gasteiger partial charge in [-0.3, -0.25) is 0 Å². The SMILES string of the molecule is CCc1ccc(COc2ccccc2)s1. The maximum Gasteiger partial charge on any atom is 0.122 e. The average Bonchev–Trinajstić information content (AvgIpc) is 2.76. The molecular formula is C13H14OS. The summed E-state index contributed by atoms with van der Waals surface area (Å²) in [4.78, 5) is 2.71. The highest BCUT2D eigenvalue weighted by Crippen LogP contribution is 2.19. The number of benzene rings is 1. The molecule has 2 rings (SSSR count). The quantitative estimate of drug-likeness (QED) is 0.756. The summed E-state index contributed by atoms with van der Waals surface area (Å²) in [5, 5.41) is 0. The van der Waals surface area contributed by atoms with Gasteiger partial charge in [0.25, 0.3) is 0 Å². The van der Waals surface area contributed by atoms with Crippen molar-refractivity contribution < 1.29 is 4.74 Å². The highest BCUT2D eigenvalue weighted by Gasteiger charge is 1.99. The van der Waals surface area contributed by atoms with E-state index in [1.807, 2.05) is 41.7 Å². The average molecular weight is 218 g/mol. The van der Waals surface area contributed by atoms with Gasteiger partial charge in [0.2, 0.25) is 0 Å². The van der Waals surface area contributed by atoms with Gasteiger partial charge in [0, 0.05) is 9.75 Å². The fourth-order valence-electron chi connectivity index (χ4n) is 1.36. The number of para-hydroxylation sites is 1. The van der Waals surface area contributed by atoms with E-state index in [0.29, 0.717) is 6.61 Å². The van der Waals surface area contributed by atoms with Gasteiger partial charge in [-0.25, -0.2) is 0 Å². The fourth-order valence-corrected chi connectivity index (χ4v) is 2.23. The van der Waals surface area contributed by atoms with Crippen LogP contribution in [0.4, 0.5) is 0 Å². The Morgan fingerprint density at radius 1 is 1.00 bits per heavy atom. The maximum atomic E-state index is 5.66. The summed E-state index contributed by atoms with van der Waals surface area (Å²) >= 11 is 1.83. The van der Waals surface area contributed by atoms with Gasteiger partial charge in [0.05, 0.1) is 0 Å². The van der Waals surface area contributed by atoms with Gasteiger partial charge in [-0.1, -0.05) is 25.1 Å². The lowest BCUT2D eigenvalue weighted by Gasteiger charge is -2.03. The third-order valence-electron chi connectivity index (χ3n) is 2.19. The van der Waals surface area contributed by atoms with Crippen LogP contribution in [0.15, 0.2) is 42.5 Å². The van der Waals surface area contributed by atoms with Gasteiger partial charge in [-0.2, -0.15) is 0 Å². The molecule has 15 heavy (non-hydrogen) atoms. The van der Waals surface area contributed by atoms with Crippen molar-refractivity contribution in [3.05, 3.63) is 52.2 Å². The molecule has 0 fully saturated rings. The van der Waals surface area contributed by atoms with Crippen LogP contribution in [0.1, 0.15) is 16.7 Å². The van der Waals surface area contributed by atoms with Crippen LogP contribution in [-0.2, 0) is 13.0 Å². The zero-order valence-corrected chi connectivity index (χ0v) is 9.59. The standard InChI is InChI=1S/C13H14OS/c1-2-12-8-9-13(15-12)10-14-11-6-4-3-5-7-11/h3-9H,2,10H2,1H3. The number of aryl methyl sites for hydroxylation is 1. The minimum Gasteiger partial charge on any atom is -0.488 e. The molecular weight excluding hydrogens is 204 g/mol. The zero-order chi connectivity index (χ0) is 10.5. The number of hydrogen-bond acceptors (Lipinski definition) is 2. The molecule has 0 aliphatic carbocycles. The van der Waals surface area contributed by atoms with Gasteiger partial charge in [-0.15, -0.1) is 11.3 Å². The van der Waals surface area contributed by atoms with Crippen LogP contribution in [0, 0.1) is 0 Å². The van der Waals surface area contributed by atoms with E-state index in [9.17, 15) is 0 Å². The predicted octanol–water partition coefficient (Wildman–Crippen LogP) is 3.89. The van der Waals surface area contributed by atoms with Crippen molar-refractivity contribution in [1.29, 1.82) is 0 Å². The molecule has 1 aromatic heterocycles. The molecule has 0 bridgehead atoms. The minimum absolute atomic E-state index is 0.675.